The van der Waals surface area contributed by atoms with Crippen molar-refractivity contribution in [3.63, 3.8) is 0 Å². The molecule has 1 atom stereocenters. The summed E-state index contributed by atoms with van der Waals surface area (Å²) in [6, 6.07) is 0. The number of rotatable bonds is 2. The van der Waals surface area contributed by atoms with E-state index in [1.165, 1.54) is 4.57 Å². The van der Waals surface area contributed by atoms with Gasteiger partial charge in [-0.05, 0) is 27.3 Å². The second-order valence-electron chi connectivity index (χ2n) is 1.21. The molecule has 0 aliphatic carbocycles. The van der Waals surface area contributed by atoms with Crippen LogP contribution in [0.15, 0.2) is 0 Å². The third-order valence-corrected chi connectivity index (χ3v) is 2.52. The molecule has 0 spiro atoms. The van der Waals surface area contributed by atoms with E-state index in [-0.39, 0.29) is 0 Å². The average molecular weight is 276 g/mol. The Morgan fingerprint density at radius 1 is 1.78 bits per heavy atom. The lowest BCUT2D eigenvalue weighted by atomic mass is 10.8. The molecular formula is C2H3ClIN4P. The molecule has 1 rings (SSSR count). The zero-order valence-corrected chi connectivity index (χ0v) is 8.17. The molecule has 0 fully saturated rings. The van der Waals surface area contributed by atoms with E-state index >= 15 is 0 Å². The van der Waals surface area contributed by atoms with Gasteiger partial charge in [-0.25, -0.2) is 0 Å². The van der Waals surface area contributed by atoms with Gasteiger partial charge in [-0.1, -0.05) is 0 Å². The van der Waals surface area contributed by atoms with E-state index < -0.39 is 0 Å². The van der Waals surface area contributed by atoms with Crippen molar-refractivity contribution in [2.75, 3.05) is 0 Å². The number of nitrogens with zero attached hydrogens (tertiary/aromatic N) is 4. The van der Waals surface area contributed by atoms with Gasteiger partial charge in [-0.15, -0.1) is 26.4 Å². The lowest BCUT2D eigenvalue weighted by molar-refractivity contribution is 0.817. The Bertz CT molecular complexity index is 172. The summed E-state index contributed by atoms with van der Waals surface area (Å²) in [6.07, 6.45) is 0.497. The van der Waals surface area contributed by atoms with E-state index in [2.05, 4.69) is 37.5 Å². The first-order valence-corrected chi connectivity index (χ1v) is 6.68. The van der Waals surface area contributed by atoms with Crippen LogP contribution in [0.25, 0.3) is 0 Å². The Morgan fingerprint density at radius 3 is 2.89 bits per heavy atom. The van der Waals surface area contributed by atoms with Gasteiger partial charge in [0.05, 0.1) is 12.3 Å². The fourth-order valence-corrected chi connectivity index (χ4v) is 1.28. The summed E-state index contributed by atoms with van der Waals surface area (Å²) in [5.74, 6) is 0.919. The maximum atomic E-state index is 5.42. The van der Waals surface area contributed by atoms with E-state index in [0.717, 1.165) is 0 Å². The molecule has 50 valence electrons. The average Bonchev–Trinajstić information content (AvgIpc) is 2.34. The summed E-state index contributed by atoms with van der Waals surface area (Å²) >= 11 is 7.59. The maximum Gasteiger partial charge on any atom is 0.189 e. The minimum Gasteiger partial charge on any atom is -0.137 e. The van der Waals surface area contributed by atoms with Crippen molar-refractivity contribution in [2.24, 2.45) is 0 Å². The molecule has 0 aliphatic heterocycles. The molecule has 1 aromatic rings. The Balaban J connectivity index is 2.74. The predicted molar refractivity (Wildman–Crippen MR) is 45.1 cm³/mol. The molecule has 0 bridgehead atoms. The number of tetrazole rings is 1. The highest BCUT2D eigenvalue weighted by Crippen LogP contribution is 2.19. The summed E-state index contributed by atoms with van der Waals surface area (Å²) < 4.78 is 1.51. The summed E-state index contributed by atoms with van der Waals surface area (Å²) in [5.41, 5.74) is 0. The molecule has 1 unspecified atom stereocenters. The number of hydrogen-bond donors (Lipinski definition) is 0. The van der Waals surface area contributed by atoms with E-state index in [1.807, 2.05) is 0 Å². The summed E-state index contributed by atoms with van der Waals surface area (Å²) in [5, 5.41) is 11.3. The molecule has 0 saturated heterocycles. The third kappa shape index (κ3) is 1.98. The Morgan fingerprint density at radius 2 is 2.56 bits per heavy atom. The standard InChI is InChI=1S/C2H3ClIN4P/c3-1-2-5-7-8(6-2)9-4/h9H,1H2. The summed E-state index contributed by atoms with van der Waals surface area (Å²) in [6.45, 7) is 0. The van der Waals surface area contributed by atoms with Crippen LogP contribution < -0.4 is 0 Å². The minimum absolute atomic E-state index is 0.334. The van der Waals surface area contributed by atoms with Crippen LogP contribution in [0.2, 0.25) is 0 Å². The van der Waals surface area contributed by atoms with Gasteiger partial charge < -0.3 is 0 Å². The molecule has 4 nitrogen and oxygen atoms in total. The van der Waals surface area contributed by atoms with Crippen molar-refractivity contribution in [3.8, 4) is 0 Å². The van der Waals surface area contributed by atoms with Gasteiger partial charge in [0.2, 0.25) is 0 Å². The molecule has 0 amide bonds. The molecule has 7 heteroatoms. The molecule has 0 N–H and O–H groups in total. The topological polar surface area (TPSA) is 43.6 Å². The fraction of sp³-hybridized carbons (Fsp3) is 0.500. The molecule has 0 saturated carbocycles. The van der Waals surface area contributed by atoms with Gasteiger partial charge in [0.15, 0.2) is 5.82 Å². The zero-order chi connectivity index (χ0) is 6.69. The number of alkyl halides is 1. The smallest absolute Gasteiger partial charge is 0.137 e. The normalized spacial score (nSPS) is 11.3. The fourth-order valence-electron chi connectivity index (χ4n) is 0.333. The SMILES string of the molecule is ClCc1nnn(PI)n1. The van der Waals surface area contributed by atoms with Crippen molar-refractivity contribution in [1.82, 2.24) is 20.0 Å². The number of hydrogen-bond acceptors (Lipinski definition) is 3. The Labute approximate surface area is 71.7 Å². The highest BCUT2D eigenvalue weighted by Gasteiger charge is 1.96. The number of aromatic nitrogens is 4. The molecule has 9 heavy (non-hydrogen) atoms. The second-order valence-corrected chi connectivity index (χ2v) is 3.50. The molecule has 0 aliphatic rings. The summed E-state index contributed by atoms with van der Waals surface area (Å²) in [7, 11) is 0. The van der Waals surface area contributed by atoms with Crippen LogP contribution in [0, 0.1) is 0 Å². The molecular weight excluding hydrogens is 273 g/mol. The maximum absolute atomic E-state index is 5.42. The Kier molecular flexibility index (Phi) is 3.08. The quantitative estimate of drug-likeness (QED) is 0.463. The van der Waals surface area contributed by atoms with Crippen LogP contribution in [-0.2, 0) is 5.88 Å². The van der Waals surface area contributed by atoms with Crippen LogP contribution in [0.1, 0.15) is 5.82 Å². The van der Waals surface area contributed by atoms with Crippen molar-refractivity contribution < 1.29 is 0 Å². The highest BCUT2D eigenvalue weighted by molar-refractivity contribution is 14.2. The first-order chi connectivity index (χ1) is 4.36. The second kappa shape index (κ2) is 3.63. The highest BCUT2D eigenvalue weighted by atomic mass is 127. The van der Waals surface area contributed by atoms with Gasteiger partial charge >= 0.3 is 0 Å². The van der Waals surface area contributed by atoms with Gasteiger partial charge in [-0.3, -0.25) is 0 Å². The minimum atomic E-state index is 0.334. The van der Waals surface area contributed by atoms with E-state index in [0.29, 0.717) is 18.1 Å². The largest absolute Gasteiger partial charge is 0.189 e. The molecule has 0 radical (unpaired) electrons. The van der Waals surface area contributed by atoms with Crippen LogP contribution >= 0.6 is 40.0 Å². The monoisotopic (exact) mass is 276 g/mol. The molecule has 0 aromatic carbocycles. The third-order valence-electron chi connectivity index (χ3n) is 0.650. The lowest BCUT2D eigenvalue weighted by Gasteiger charge is -1.82. The van der Waals surface area contributed by atoms with Crippen molar-refractivity contribution in [3.05, 3.63) is 5.82 Å². The molecule has 1 heterocycles. The van der Waals surface area contributed by atoms with Crippen LogP contribution in [0.4, 0.5) is 0 Å². The Hall–Kier alpha value is 0.520. The zero-order valence-electron chi connectivity index (χ0n) is 4.25. The van der Waals surface area contributed by atoms with Crippen molar-refractivity contribution in [2.45, 2.75) is 5.88 Å². The van der Waals surface area contributed by atoms with Gasteiger partial charge in [0.1, 0.15) is 0 Å². The van der Waals surface area contributed by atoms with Gasteiger partial charge in [-0.2, -0.15) is 0 Å². The first-order valence-electron chi connectivity index (χ1n) is 2.08. The first kappa shape index (κ1) is 7.63. The van der Waals surface area contributed by atoms with Crippen LogP contribution in [-0.4, -0.2) is 20.0 Å². The van der Waals surface area contributed by atoms with E-state index in [4.69, 9.17) is 11.6 Å². The lowest BCUT2D eigenvalue weighted by Crippen LogP contribution is -1.85. The van der Waals surface area contributed by atoms with Gasteiger partial charge in [0.25, 0.3) is 0 Å². The van der Waals surface area contributed by atoms with Crippen molar-refractivity contribution in [1.29, 1.82) is 0 Å². The van der Waals surface area contributed by atoms with E-state index in [1.54, 1.807) is 0 Å². The van der Waals surface area contributed by atoms with Gasteiger partial charge in [0, 0.05) is 0 Å². The van der Waals surface area contributed by atoms with Crippen LogP contribution in [0.5, 0.6) is 0 Å². The van der Waals surface area contributed by atoms with E-state index in [9.17, 15) is 0 Å². The molecule has 1 aromatic heterocycles. The van der Waals surface area contributed by atoms with Crippen molar-refractivity contribution >= 4 is 40.0 Å². The van der Waals surface area contributed by atoms with Crippen LogP contribution in [0.3, 0.4) is 0 Å². The number of halogens is 2. The predicted octanol–water partition coefficient (Wildman–Crippen LogP) is 1.20. The summed E-state index contributed by atoms with van der Waals surface area (Å²) in [4.78, 5) is 0.